The second kappa shape index (κ2) is 5.48. The number of rotatable bonds is 3. The van der Waals surface area contributed by atoms with E-state index in [2.05, 4.69) is 15.2 Å². The number of esters is 1. The topological polar surface area (TPSA) is 84.1 Å². The summed E-state index contributed by atoms with van der Waals surface area (Å²) in [5.74, 6) is 0.998. The minimum Gasteiger partial charge on any atom is -0.497 e. The molecule has 0 radical (unpaired) electrons. The van der Waals surface area contributed by atoms with E-state index in [4.69, 9.17) is 9.47 Å². The zero-order valence-corrected chi connectivity index (χ0v) is 13.3. The van der Waals surface area contributed by atoms with E-state index in [-0.39, 0.29) is 0 Å². The standard InChI is InChI=1S/C16H15N5O3/c1-3-24-16(22)14-13-7-20-9-18-19-15(20)11-6-10(23-2)4-5-12(11)21(13)8-17-14/h4-6,8-9H,3,7H2,1-2H3. The van der Waals surface area contributed by atoms with Gasteiger partial charge in [-0.05, 0) is 25.1 Å². The van der Waals surface area contributed by atoms with Gasteiger partial charge in [0.2, 0.25) is 0 Å². The van der Waals surface area contributed by atoms with Gasteiger partial charge in [0.05, 0.1) is 31.6 Å². The second-order valence-corrected chi connectivity index (χ2v) is 5.30. The van der Waals surface area contributed by atoms with Crippen LogP contribution in [0.4, 0.5) is 0 Å². The average Bonchev–Trinajstić information content (AvgIpc) is 3.20. The molecule has 3 heterocycles. The fourth-order valence-corrected chi connectivity index (χ4v) is 2.87. The molecule has 122 valence electrons. The number of hydrogen-bond donors (Lipinski definition) is 0. The van der Waals surface area contributed by atoms with Crippen molar-refractivity contribution >= 4 is 5.97 Å². The molecule has 8 heteroatoms. The lowest BCUT2D eigenvalue weighted by Gasteiger charge is -2.10. The molecule has 0 bridgehead atoms. The molecule has 0 aliphatic carbocycles. The van der Waals surface area contributed by atoms with Gasteiger partial charge in [-0.1, -0.05) is 0 Å². The Balaban J connectivity index is 1.96. The third-order valence-electron chi connectivity index (χ3n) is 3.98. The van der Waals surface area contributed by atoms with Gasteiger partial charge in [-0.3, -0.25) is 4.57 Å². The van der Waals surface area contributed by atoms with Crippen LogP contribution >= 0.6 is 0 Å². The predicted molar refractivity (Wildman–Crippen MR) is 84.2 cm³/mol. The number of methoxy groups -OCH3 is 1. The molecule has 0 saturated heterocycles. The largest absolute Gasteiger partial charge is 0.497 e. The van der Waals surface area contributed by atoms with Gasteiger partial charge in [-0.15, -0.1) is 10.2 Å². The van der Waals surface area contributed by atoms with Crippen LogP contribution in [-0.2, 0) is 11.3 Å². The average molecular weight is 325 g/mol. The molecule has 0 atom stereocenters. The molecule has 2 aromatic heterocycles. The number of nitrogens with zero attached hydrogens (tertiary/aromatic N) is 5. The van der Waals surface area contributed by atoms with Crippen LogP contribution in [0.3, 0.4) is 0 Å². The van der Waals surface area contributed by atoms with Crippen molar-refractivity contribution < 1.29 is 14.3 Å². The summed E-state index contributed by atoms with van der Waals surface area (Å²) in [5, 5.41) is 8.21. The maximum Gasteiger partial charge on any atom is 0.358 e. The Hall–Kier alpha value is -3.16. The molecule has 1 aromatic carbocycles. The van der Waals surface area contributed by atoms with Crippen LogP contribution in [0.15, 0.2) is 30.9 Å². The summed E-state index contributed by atoms with van der Waals surface area (Å²) in [6, 6.07) is 5.67. The second-order valence-electron chi connectivity index (χ2n) is 5.30. The summed E-state index contributed by atoms with van der Waals surface area (Å²) < 4.78 is 14.2. The number of fused-ring (bicyclic) bond motifs is 5. The Morgan fingerprint density at radius 3 is 3.00 bits per heavy atom. The predicted octanol–water partition coefficient (Wildman–Crippen LogP) is 1.68. The molecule has 8 nitrogen and oxygen atoms in total. The first kappa shape index (κ1) is 14.4. The van der Waals surface area contributed by atoms with Gasteiger partial charge in [0, 0.05) is 5.56 Å². The van der Waals surface area contributed by atoms with E-state index < -0.39 is 5.97 Å². The molecular weight excluding hydrogens is 310 g/mol. The van der Waals surface area contributed by atoms with Crippen molar-refractivity contribution in [3.8, 4) is 22.8 Å². The van der Waals surface area contributed by atoms with Gasteiger partial charge >= 0.3 is 5.97 Å². The molecule has 24 heavy (non-hydrogen) atoms. The summed E-state index contributed by atoms with van der Waals surface area (Å²) >= 11 is 0. The highest BCUT2D eigenvalue weighted by molar-refractivity contribution is 5.89. The van der Waals surface area contributed by atoms with Crippen LogP contribution in [-0.4, -0.2) is 44.0 Å². The van der Waals surface area contributed by atoms with E-state index >= 15 is 0 Å². The van der Waals surface area contributed by atoms with E-state index in [1.54, 1.807) is 26.7 Å². The van der Waals surface area contributed by atoms with Gasteiger partial charge in [0.25, 0.3) is 0 Å². The Morgan fingerprint density at radius 1 is 1.33 bits per heavy atom. The van der Waals surface area contributed by atoms with E-state index in [0.29, 0.717) is 24.7 Å². The monoisotopic (exact) mass is 325 g/mol. The first-order valence-electron chi connectivity index (χ1n) is 7.53. The zero-order chi connectivity index (χ0) is 16.7. The molecule has 0 fully saturated rings. The SMILES string of the molecule is CCOC(=O)c1ncn2c1Cn1cnnc1-c1cc(OC)ccc1-2. The Kier molecular flexibility index (Phi) is 3.30. The maximum absolute atomic E-state index is 12.2. The van der Waals surface area contributed by atoms with Crippen LogP contribution < -0.4 is 4.74 Å². The van der Waals surface area contributed by atoms with Gasteiger partial charge < -0.3 is 14.0 Å². The lowest BCUT2D eigenvalue weighted by Crippen LogP contribution is -2.11. The summed E-state index contributed by atoms with van der Waals surface area (Å²) in [6.07, 6.45) is 3.27. The van der Waals surface area contributed by atoms with E-state index in [0.717, 1.165) is 22.7 Å². The van der Waals surface area contributed by atoms with Crippen molar-refractivity contribution in [2.24, 2.45) is 0 Å². The van der Waals surface area contributed by atoms with E-state index in [9.17, 15) is 4.79 Å². The summed E-state index contributed by atoms with van der Waals surface area (Å²) in [4.78, 5) is 16.5. The quantitative estimate of drug-likeness (QED) is 0.533. The first-order valence-corrected chi connectivity index (χ1v) is 7.53. The van der Waals surface area contributed by atoms with Crippen molar-refractivity contribution in [2.45, 2.75) is 13.5 Å². The summed E-state index contributed by atoms with van der Waals surface area (Å²) in [7, 11) is 1.62. The molecule has 0 saturated carbocycles. The molecule has 1 aliphatic rings. The zero-order valence-electron chi connectivity index (χ0n) is 13.3. The van der Waals surface area contributed by atoms with Crippen molar-refractivity contribution in [1.82, 2.24) is 24.3 Å². The van der Waals surface area contributed by atoms with Gasteiger partial charge in [0.15, 0.2) is 11.5 Å². The number of carbonyl (C=O) groups excluding carboxylic acids is 1. The number of ether oxygens (including phenoxy) is 2. The number of imidazole rings is 1. The van der Waals surface area contributed by atoms with Gasteiger partial charge in [-0.2, -0.15) is 0 Å². The third kappa shape index (κ3) is 2.07. The lowest BCUT2D eigenvalue weighted by atomic mass is 10.1. The number of carbonyl (C=O) groups is 1. The van der Waals surface area contributed by atoms with Gasteiger partial charge in [0.1, 0.15) is 18.4 Å². The van der Waals surface area contributed by atoms with Crippen molar-refractivity contribution in [2.75, 3.05) is 13.7 Å². The number of aromatic nitrogens is 5. The van der Waals surface area contributed by atoms with E-state index in [1.807, 2.05) is 27.3 Å². The van der Waals surface area contributed by atoms with Crippen LogP contribution in [0.1, 0.15) is 23.1 Å². The maximum atomic E-state index is 12.2. The molecular formula is C16H15N5O3. The van der Waals surface area contributed by atoms with Crippen LogP contribution in [0.5, 0.6) is 5.75 Å². The molecule has 1 aliphatic heterocycles. The molecule has 0 spiro atoms. The van der Waals surface area contributed by atoms with Crippen LogP contribution in [0, 0.1) is 0 Å². The van der Waals surface area contributed by atoms with Gasteiger partial charge in [-0.25, -0.2) is 9.78 Å². The van der Waals surface area contributed by atoms with E-state index in [1.165, 1.54) is 0 Å². The summed E-state index contributed by atoms with van der Waals surface area (Å²) in [6.45, 7) is 2.50. The third-order valence-corrected chi connectivity index (χ3v) is 3.98. The molecule has 0 unspecified atom stereocenters. The number of benzene rings is 1. The van der Waals surface area contributed by atoms with Crippen molar-refractivity contribution in [1.29, 1.82) is 0 Å². The van der Waals surface area contributed by atoms with Crippen molar-refractivity contribution in [3.05, 3.63) is 42.2 Å². The van der Waals surface area contributed by atoms with Crippen molar-refractivity contribution in [3.63, 3.8) is 0 Å². The lowest BCUT2D eigenvalue weighted by molar-refractivity contribution is 0.0518. The van der Waals surface area contributed by atoms with Crippen LogP contribution in [0.25, 0.3) is 17.1 Å². The smallest absolute Gasteiger partial charge is 0.358 e. The molecule has 0 amide bonds. The summed E-state index contributed by atoms with van der Waals surface area (Å²) in [5.41, 5.74) is 2.76. The minimum atomic E-state index is -0.433. The highest BCUT2D eigenvalue weighted by Gasteiger charge is 2.26. The Labute approximate surface area is 137 Å². The normalized spacial score (nSPS) is 11.9. The molecule has 4 rings (SSSR count). The minimum absolute atomic E-state index is 0.302. The Bertz CT molecular complexity index is 928. The fourth-order valence-electron chi connectivity index (χ4n) is 2.87. The van der Waals surface area contributed by atoms with Crippen LogP contribution in [0.2, 0.25) is 0 Å². The first-order chi connectivity index (χ1) is 11.7. The molecule has 0 N–H and O–H groups in total. The Morgan fingerprint density at radius 2 is 2.21 bits per heavy atom. The number of hydrogen-bond acceptors (Lipinski definition) is 6. The molecule has 3 aromatic rings. The fraction of sp³-hybridized carbons (Fsp3) is 0.250. The highest BCUT2D eigenvalue weighted by atomic mass is 16.5. The highest BCUT2D eigenvalue weighted by Crippen LogP contribution is 2.33.